The number of hydrogen-bond acceptors (Lipinski definition) is 0. The van der Waals surface area contributed by atoms with Gasteiger partial charge in [0.1, 0.15) is 0 Å². The maximum atomic E-state index is 4.49. The van der Waals surface area contributed by atoms with Crippen LogP contribution in [-0.2, 0) is 18.2 Å². The zero-order chi connectivity index (χ0) is 2.00. The molecule has 0 fully saturated rings. The van der Waals surface area contributed by atoms with Crippen LogP contribution in [0.2, 0.25) is 0 Å². The fourth-order valence-electron chi connectivity index (χ4n) is 0. The predicted octanol–water partition coefficient (Wildman–Crippen LogP) is -1.79. The standard InChI is InChI=1S/ClH.3H2O.Pd/h1H;3*1H2;/q;;;;+1/p-1. The molecule has 0 saturated carbocycles. The van der Waals surface area contributed by atoms with Gasteiger partial charge in [0.15, 0.2) is 0 Å². The molecular formula is H6ClO3Pd. The van der Waals surface area contributed by atoms with Crippen LogP contribution in [0.1, 0.15) is 0 Å². The van der Waals surface area contributed by atoms with E-state index in [1.807, 2.05) is 0 Å². The summed E-state index contributed by atoms with van der Waals surface area (Å²) in [6.45, 7) is 0. The van der Waals surface area contributed by atoms with E-state index in [0.717, 1.165) is 0 Å². The van der Waals surface area contributed by atoms with Gasteiger partial charge in [-0.25, -0.2) is 0 Å². The summed E-state index contributed by atoms with van der Waals surface area (Å²) in [5, 5.41) is 0. The first kappa shape index (κ1) is 40.6. The Morgan fingerprint density at radius 2 is 0.800 bits per heavy atom. The summed E-state index contributed by atoms with van der Waals surface area (Å²) in [6.07, 6.45) is 0. The van der Waals surface area contributed by atoms with Gasteiger partial charge in [-0.3, -0.25) is 0 Å². The van der Waals surface area contributed by atoms with E-state index in [9.17, 15) is 0 Å². The van der Waals surface area contributed by atoms with Crippen molar-refractivity contribution in [3.63, 3.8) is 0 Å². The third-order valence-electron chi connectivity index (χ3n) is 0. The molecule has 3 nitrogen and oxygen atoms in total. The summed E-state index contributed by atoms with van der Waals surface area (Å²) in [6, 6.07) is 0. The van der Waals surface area contributed by atoms with Gasteiger partial charge < -0.3 is 16.4 Å². The topological polar surface area (TPSA) is 94.5 Å². The van der Waals surface area contributed by atoms with E-state index < -0.39 is 0 Å². The molecule has 0 aromatic carbocycles. The fraction of sp³-hybridized carbons (Fsp3) is 0. The van der Waals surface area contributed by atoms with Crippen molar-refractivity contribution < 1.29 is 34.6 Å². The number of rotatable bonds is 0. The summed E-state index contributed by atoms with van der Waals surface area (Å²) in [5.41, 5.74) is 0. The average molecular weight is 196 g/mol. The molecule has 0 spiro atoms. The first-order valence-electron chi connectivity index (χ1n) is 0.120. The second-order valence-corrected chi connectivity index (χ2v) is 0. The van der Waals surface area contributed by atoms with Crippen LogP contribution in [-0.4, -0.2) is 16.4 Å². The van der Waals surface area contributed by atoms with Crippen LogP contribution in [0.4, 0.5) is 0 Å². The average Bonchev–Trinajstić information content (AvgIpc) is 1.00. The van der Waals surface area contributed by atoms with Gasteiger partial charge in [-0.1, -0.05) is 0 Å². The molecule has 0 saturated heterocycles. The van der Waals surface area contributed by atoms with Gasteiger partial charge in [-0.2, -0.15) is 0 Å². The zero-order valence-electron chi connectivity index (χ0n) is 2.19. The van der Waals surface area contributed by atoms with Gasteiger partial charge in [-0.15, -0.1) is 0 Å². The Bertz CT molecular complexity index is 6.85. The van der Waals surface area contributed by atoms with Crippen molar-refractivity contribution >= 4 is 9.53 Å². The molecule has 0 aliphatic carbocycles. The van der Waals surface area contributed by atoms with Gasteiger partial charge in [-0.05, 0) is 0 Å². The van der Waals surface area contributed by atoms with E-state index in [0.29, 0.717) is 0 Å². The minimum absolute atomic E-state index is 0. The molecule has 0 amide bonds. The van der Waals surface area contributed by atoms with Crippen LogP contribution >= 0.6 is 9.53 Å². The Morgan fingerprint density at radius 1 is 0.800 bits per heavy atom. The first-order chi connectivity index (χ1) is 1.00. The minimum atomic E-state index is 0. The summed E-state index contributed by atoms with van der Waals surface area (Å²) in [5.74, 6) is 0. The second kappa shape index (κ2) is 102. The van der Waals surface area contributed by atoms with Crippen LogP contribution in [0.5, 0.6) is 0 Å². The molecular weight excluding hydrogens is 190 g/mol. The molecule has 41 valence electrons. The zero-order valence-corrected chi connectivity index (χ0v) is 4.50. The van der Waals surface area contributed by atoms with Gasteiger partial charge >= 0.3 is 27.7 Å². The van der Waals surface area contributed by atoms with E-state index in [1.54, 1.807) is 0 Å². The summed E-state index contributed by atoms with van der Waals surface area (Å²) < 4.78 is 0. The van der Waals surface area contributed by atoms with Gasteiger partial charge in [0.25, 0.3) is 0 Å². The first-order valence-corrected chi connectivity index (χ1v) is 2.12. The molecule has 0 aliphatic rings. The van der Waals surface area contributed by atoms with Crippen LogP contribution < -0.4 is 0 Å². The Kier molecular flexibility index (Phi) is 831. The van der Waals surface area contributed by atoms with Crippen molar-refractivity contribution in [1.29, 1.82) is 0 Å². The normalized spacial score (nSPS) is 1.40. The molecule has 0 atom stereocenters. The van der Waals surface area contributed by atoms with E-state index in [2.05, 4.69) is 27.7 Å². The molecule has 0 rings (SSSR count). The van der Waals surface area contributed by atoms with Crippen molar-refractivity contribution in [1.82, 2.24) is 0 Å². The number of hydrogen-bond donors (Lipinski definition) is 0. The monoisotopic (exact) mass is 195 g/mol. The van der Waals surface area contributed by atoms with Crippen LogP contribution in [0, 0.1) is 0 Å². The Labute approximate surface area is 44.6 Å². The van der Waals surface area contributed by atoms with Crippen LogP contribution in [0.25, 0.3) is 0 Å². The molecule has 0 heterocycles. The van der Waals surface area contributed by atoms with Crippen molar-refractivity contribution in [3.05, 3.63) is 0 Å². The van der Waals surface area contributed by atoms with E-state index in [-0.39, 0.29) is 16.4 Å². The molecule has 5 heavy (non-hydrogen) atoms. The molecule has 0 aromatic heterocycles. The SMILES string of the molecule is O.O.O.[Cl][Pd]. The van der Waals surface area contributed by atoms with E-state index in [1.165, 1.54) is 0 Å². The third kappa shape index (κ3) is 56.0. The Balaban J connectivity index is -0.00000000167. The van der Waals surface area contributed by atoms with E-state index in [4.69, 9.17) is 0 Å². The third-order valence-corrected chi connectivity index (χ3v) is 0. The van der Waals surface area contributed by atoms with Crippen molar-refractivity contribution in [2.45, 2.75) is 0 Å². The van der Waals surface area contributed by atoms with Gasteiger partial charge in [0, 0.05) is 0 Å². The predicted molar refractivity (Wildman–Crippen MR) is 16.7 cm³/mol. The molecule has 0 aliphatic heterocycles. The number of halogens is 1. The molecule has 0 aromatic rings. The molecule has 0 radical (unpaired) electrons. The van der Waals surface area contributed by atoms with Crippen molar-refractivity contribution in [2.75, 3.05) is 0 Å². The van der Waals surface area contributed by atoms with Gasteiger partial charge in [0.05, 0.1) is 0 Å². The molecule has 6 N–H and O–H groups in total. The Morgan fingerprint density at radius 3 is 0.800 bits per heavy atom. The quantitative estimate of drug-likeness (QED) is 0.409. The summed E-state index contributed by atoms with van der Waals surface area (Å²) in [7, 11) is 4.49. The summed E-state index contributed by atoms with van der Waals surface area (Å²) >= 11 is 2.22. The Hall–Kier alpha value is 0.832. The van der Waals surface area contributed by atoms with E-state index >= 15 is 0 Å². The van der Waals surface area contributed by atoms with Crippen LogP contribution in [0.3, 0.4) is 0 Å². The maximum absolute atomic E-state index is 4.49. The summed E-state index contributed by atoms with van der Waals surface area (Å²) in [4.78, 5) is 0. The van der Waals surface area contributed by atoms with Crippen molar-refractivity contribution in [2.24, 2.45) is 0 Å². The molecule has 0 unspecified atom stereocenters. The molecule has 0 bridgehead atoms. The van der Waals surface area contributed by atoms with Crippen molar-refractivity contribution in [3.8, 4) is 0 Å². The second-order valence-electron chi connectivity index (χ2n) is 0. The van der Waals surface area contributed by atoms with Crippen LogP contribution in [0.15, 0.2) is 0 Å². The fourth-order valence-corrected chi connectivity index (χ4v) is 0. The van der Waals surface area contributed by atoms with Gasteiger partial charge in [0.2, 0.25) is 0 Å². The molecule has 5 heteroatoms.